The van der Waals surface area contributed by atoms with E-state index < -0.39 is 0 Å². The van der Waals surface area contributed by atoms with Gasteiger partial charge in [-0.15, -0.1) is 0 Å². The van der Waals surface area contributed by atoms with Gasteiger partial charge in [-0.2, -0.15) is 0 Å². The van der Waals surface area contributed by atoms with E-state index in [4.69, 9.17) is 0 Å². The number of aliphatic hydroxyl groups is 1. The van der Waals surface area contributed by atoms with Crippen LogP contribution in [0.4, 0.5) is 0 Å². The molecule has 0 bridgehead atoms. The second-order valence-electron chi connectivity index (χ2n) is 5.30. The number of carbonyl (C=O) groups is 1. The van der Waals surface area contributed by atoms with E-state index in [0.29, 0.717) is 19.5 Å². The number of amides is 1. The average molecular weight is 263 g/mol. The molecule has 0 aliphatic carbocycles. The Kier molecular flexibility index (Phi) is 4.50. The molecule has 104 valence electrons. The van der Waals surface area contributed by atoms with Crippen LogP contribution < -0.4 is 0 Å². The highest BCUT2D eigenvalue weighted by Crippen LogP contribution is 2.21. The molecule has 0 unspecified atom stereocenters. The van der Waals surface area contributed by atoms with Crippen molar-refractivity contribution in [3.63, 3.8) is 0 Å². The summed E-state index contributed by atoms with van der Waals surface area (Å²) in [6.45, 7) is 1.47. The first kappa shape index (κ1) is 14.0. The van der Waals surface area contributed by atoms with Crippen LogP contribution in [0, 0.1) is 5.92 Å². The van der Waals surface area contributed by atoms with E-state index in [2.05, 4.69) is 9.88 Å². The van der Waals surface area contributed by atoms with E-state index in [1.165, 1.54) is 0 Å². The monoisotopic (exact) mass is 263 g/mol. The van der Waals surface area contributed by atoms with Crippen LogP contribution in [-0.2, 0) is 11.2 Å². The molecule has 1 aliphatic heterocycles. The Morgan fingerprint density at radius 2 is 2.11 bits per heavy atom. The molecule has 0 radical (unpaired) electrons. The smallest absolute Gasteiger partial charge is 0.227 e. The van der Waals surface area contributed by atoms with Gasteiger partial charge in [0.2, 0.25) is 5.91 Å². The molecule has 1 amide bonds. The van der Waals surface area contributed by atoms with Gasteiger partial charge >= 0.3 is 0 Å². The number of aromatic nitrogens is 1. The van der Waals surface area contributed by atoms with Crippen LogP contribution in [0.5, 0.6) is 0 Å². The van der Waals surface area contributed by atoms with Crippen molar-refractivity contribution in [2.75, 3.05) is 33.8 Å². The molecule has 5 heteroatoms. The number of carbonyl (C=O) groups excluding carboxylic acids is 1. The fraction of sp³-hybridized carbons (Fsp3) is 0.571. The summed E-state index contributed by atoms with van der Waals surface area (Å²) in [4.78, 5) is 20.1. The highest BCUT2D eigenvalue weighted by atomic mass is 16.3. The number of nitrogens with zero attached hydrogens (tertiary/aromatic N) is 3. The van der Waals surface area contributed by atoms with E-state index in [9.17, 15) is 9.90 Å². The number of hydrogen-bond donors (Lipinski definition) is 1. The molecule has 0 spiro atoms. The van der Waals surface area contributed by atoms with Crippen LogP contribution in [0.3, 0.4) is 0 Å². The number of likely N-dealkylation sites (tertiary alicyclic amines) is 1. The lowest BCUT2D eigenvalue weighted by Gasteiger charge is -2.23. The lowest BCUT2D eigenvalue weighted by atomic mass is 10.0. The molecule has 19 heavy (non-hydrogen) atoms. The van der Waals surface area contributed by atoms with Crippen LogP contribution in [0.25, 0.3) is 0 Å². The highest BCUT2D eigenvalue weighted by Gasteiger charge is 2.35. The van der Waals surface area contributed by atoms with E-state index in [0.717, 1.165) is 5.56 Å². The summed E-state index contributed by atoms with van der Waals surface area (Å²) in [5.74, 6) is 0.269. The second-order valence-corrected chi connectivity index (χ2v) is 5.30. The molecule has 5 nitrogen and oxygen atoms in total. The fourth-order valence-corrected chi connectivity index (χ4v) is 2.61. The largest absolute Gasteiger partial charge is 0.396 e. The van der Waals surface area contributed by atoms with Crippen molar-refractivity contribution in [1.82, 2.24) is 14.8 Å². The van der Waals surface area contributed by atoms with Crippen molar-refractivity contribution in [3.8, 4) is 0 Å². The minimum atomic E-state index is 0.119. The van der Waals surface area contributed by atoms with Crippen molar-refractivity contribution in [3.05, 3.63) is 30.1 Å². The maximum Gasteiger partial charge on any atom is 0.227 e. The number of rotatable bonds is 4. The topological polar surface area (TPSA) is 56.7 Å². The summed E-state index contributed by atoms with van der Waals surface area (Å²) in [6, 6.07) is 3.97. The Bertz CT molecular complexity index is 422. The van der Waals surface area contributed by atoms with Gasteiger partial charge in [0.15, 0.2) is 0 Å². The van der Waals surface area contributed by atoms with Crippen molar-refractivity contribution in [2.45, 2.75) is 12.5 Å². The maximum atomic E-state index is 12.2. The predicted octanol–water partition coefficient (Wildman–Crippen LogP) is 0.00500. The summed E-state index contributed by atoms with van der Waals surface area (Å²) in [7, 11) is 3.98. The van der Waals surface area contributed by atoms with Crippen LogP contribution in [0.2, 0.25) is 0 Å². The zero-order chi connectivity index (χ0) is 13.8. The number of likely N-dealkylation sites (N-methyl/N-ethyl adjacent to an activating group) is 1. The minimum Gasteiger partial charge on any atom is -0.396 e. The summed E-state index contributed by atoms with van der Waals surface area (Å²) in [6.07, 6.45) is 3.80. The van der Waals surface area contributed by atoms with Gasteiger partial charge in [0.05, 0.1) is 6.42 Å². The molecule has 2 rings (SSSR count). The van der Waals surface area contributed by atoms with Gasteiger partial charge in [-0.3, -0.25) is 9.78 Å². The average Bonchev–Trinajstić information content (AvgIpc) is 2.84. The minimum absolute atomic E-state index is 0.119. The molecule has 0 saturated carbocycles. The molecule has 2 heterocycles. The van der Waals surface area contributed by atoms with Crippen molar-refractivity contribution >= 4 is 5.91 Å². The molecule has 2 atom stereocenters. The molecule has 1 fully saturated rings. The van der Waals surface area contributed by atoms with Gasteiger partial charge < -0.3 is 14.9 Å². The molecule has 1 aliphatic rings. The summed E-state index contributed by atoms with van der Waals surface area (Å²) in [5, 5.41) is 9.40. The van der Waals surface area contributed by atoms with Crippen LogP contribution in [-0.4, -0.2) is 65.6 Å². The van der Waals surface area contributed by atoms with Gasteiger partial charge in [-0.05, 0) is 31.8 Å². The van der Waals surface area contributed by atoms with E-state index in [-0.39, 0.29) is 24.5 Å². The Labute approximate surface area is 113 Å². The van der Waals surface area contributed by atoms with Crippen molar-refractivity contribution in [2.24, 2.45) is 5.92 Å². The molecular weight excluding hydrogens is 242 g/mol. The lowest BCUT2D eigenvalue weighted by Crippen LogP contribution is -2.37. The molecule has 1 aromatic rings. The predicted molar refractivity (Wildman–Crippen MR) is 72.6 cm³/mol. The van der Waals surface area contributed by atoms with Gasteiger partial charge in [0, 0.05) is 44.0 Å². The second kappa shape index (κ2) is 6.12. The third kappa shape index (κ3) is 3.30. The van der Waals surface area contributed by atoms with Crippen LogP contribution in [0.15, 0.2) is 24.5 Å². The molecular formula is C14H21N3O2. The lowest BCUT2D eigenvalue weighted by molar-refractivity contribution is -0.129. The van der Waals surface area contributed by atoms with Crippen molar-refractivity contribution in [1.29, 1.82) is 0 Å². The Morgan fingerprint density at radius 3 is 2.63 bits per heavy atom. The number of pyridine rings is 1. The van der Waals surface area contributed by atoms with Gasteiger partial charge in [0.1, 0.15) is 0 Å². The van der Waals surface area contributed by atoms with E-state index in [1.807, 2.05) is 31.1 Å². The zero-order valence-corrected chi connectivity index (χ0v) is 11.5. The van der Waals surface area contributed by atoms with E-state index >= 15 is 0 Å². The highest BCUT2D eigenvalue weighted by molar-refractivity contribution is 5.79. The van der Waals surface area contributed by atoms with Gasteiger partial charge in [-0.1, -0.05) is 0 Å². The quantitative estimate of drug-likeness (QED) is 0.831. The van der Waals surface area contributed by atoms with Crippen LogP contribution in [0.1, 0.15) is 5.56 Å². The molecule has 1 N–H and O–H groups in total. The molecule has 1 aromatic heterocycles. The SMILES string of the molecule is CN(C)[C@@H]1CN(C(=O)Cc2ccncc2)C[C@H]1CO. The standard InChI is InChI=1S/C14H21N3O2/c1-16(2)13-9-17(8-12(13)10-18)14(19)7-11-3-5-15-6-4-11/h3-6,12-13,18H,7-10H2,1-2H3/t12-,13+/m0/s1. The molecule has 0 aromatic carbocycles. The summed E-state index contributed by atoms with van der Waals surface area (Å²) < 4.78 is 0. The Hall–Kier alpha value is -1.46. The van der Waals surface area contributed by atoms with Crippen molar-refractivity contribution < 1.29 is 9.90 Å². The fourth-order valence-electron chi connectivity index (χ4n) is 2.61. The normalized spacial score (nSPS) is 23.1. The molecule has 1 saturated heterocycles. The Morgan fingerprint density at radius 1 is 1.42 bits per heavy atom. The van der Waals surface area contributed by atoms with Crippen LogP contribution >= 0.6 is 0 Å². The zero-order valence-electron chi connectivity index (χ0n) is 11.5. The Balaban J connectivity index is 1.98. The van der Waals surface area contributed by atoms with Gasteiger partial charge in [-0.25, -0.2) is 0 Å². The number of hydrogen-bond acceptors (Lipinski definition) is 4. The third-order valence-electron chi connectivity index (χ3n) is 3.76. The summed E-state index contributed by atoms with van der Waals surface area (Å²) >= 11 is 0. The first-order chi connectivity index (χ1) is 9.11. The first-order valence-corrected chi connectivity index (χ1v) is 6.55. The number of aliphatic hydroxyl groups excluding tert-OH is 1. The summed E-state index contributed by atoms with van der Waals surface area (Å²) in [5.41, 5.74) is 0.980. The third-order valence-corrected chi connectivity index (χ3v) is 3.76. The van der Waals surface area contributed by atoms with Gasteiger partial charge in [0.25, 0.3) is 0 Å². The maximum absolute atomic E-state index is 12.2. The van der Waals surface area contributed by atoms with E-state index in [1.54, 1.807) is 12.4 Å². The first-order valence-electron chi connectivity index (χ1n) is 6.55.